The van der Waals surface area contributed by atoms with Crippen LogP contribution < -0.4 is 5.32 Å². The van der Waals surface area contributed by atoms with Crippen LogP contribution in [0.15, 0.2) is 24.3 Å². The predicted molar refractivity (Wildman–Crippen MR) is 75.4 cm³/mol. The van der Waals surface area contributed by atoms with Crippen LogP contribution in [0.4, 0.5) is 4.79 Å². The summed E-state index contributed by atoms with van der Waals surface area (Å²) in [6.07, 6.45) is 1.32. The Morgan fingerprint density at radius 3 is 2.75 bits per heavy atom. The maximum absolute atomic E-state index is 12.0. The molecule has 5 heteroatoms. The molecular weight excluding hydrogens is 256 g/mol. The first-order valence-corrected chi connectivity index (χ1v) is 6.90. The van der Waals surface area contributed by atoms with Crippen LogP contribution in [0.2, 0.25) is 0 Å². The van der Waals surface area contributed by atoms with E-state index in [-0.39, 0.29) is 6.03 Å². The Balaban J connectivity index is 1.81. The first-order valence-electron chi connectivity index (χ1n) is 6.90. The van der Waals surface area contributed by atoms with Crippen molar-refractivity contribution >= 4 is 12.0 Å². The number of carboxylic acid groups (broad SMARTS) is 1. The fourth-order valence-electron chi connectivity index (χ4n) is 2.30. The molecular formula is C15H20N2O3. The predicted octanol–water partition coefficient (Wildman–Crippen LogP) is 1.87. The molecule has 0 aromatic heterocycles. The van der Waals surface area contributed by atoms with Gasteiger partial charge in [0.25, 0.3) is 0 Å². The molecule has 2 rings (SSSR count). The lowest BCUT2D eigenvalue weighted by atomic mass is 10.0. The van der Waals surface area contributed by atoms with Crippen molar-refractivity contribution in [2.24, 2.45) is 5.92 Å². The van der Waals surface area contributed by atoms with Crippen LogP contribution in [0, 0.1) is 5.92 Å². The van der Waals surface area contributed by atoms with Crippen molar-refractivity contribution < 1.29 is 14.7 Å². The lowest BCUT2D eigenvalue weighted by Gasteiger charge is -2.29. The topological polar surface area (TPSA) is 69.6 Å². The standard InChI is InChI=1S/C15H20N2O3/c1-11(14(18)19)6-8-16-15(20)17-9-7-12-4-2-3-5-13(12)10-17/h2-5,11H,6-10H2,1H3,(H,16,20)(H,18,19). The molecule has 1 aromatic carbocycles. The van der Waals surface area contributed by atoms with Gasteiger partial charge >= 0.3 is 12.0 Å². The molecule has 0 spiro atoms. The molecule has 2 amide bonds. The highest BCUT2D eigenvalue weighted by molar-refractivity contribution is 5.74. The van der Waals surface area contributed by atoms with Crippen LogP contribution in [0.5, 0.6) is 0 Å². The first-order chi connectivity index (χ1) is 9.58. The molecule has 1 heterocycles. The van der Waals surface area contributed by atoms with E-state index in [2.05, 4.69) is 11.4 Å². The number of aliphatic carboxylic acids is 1. The van der Waals surface area contributed by atoms with Gasteiger partial charge in [0.05, 0.1) is 5.92 Å². The van der Waals surface area contributed by atoms with Gasteiger partial charge in [0.2, 0.25) is 0 Å². The minimum Gasteiger partial charge on any atom is -0.481 e. The number of rotatable bonds is 4. The van der Waals surface area contributed by atoms with E-state index in [1.165, 1.54) is 11.1 Å². The van der Waals surface area contributed by atoms with Crippen molar-refractivity contribution in [3.05, 3.63) is 35.4 Å². The highest BCUT2D eigenvalue weighted by Crippen LogP contribution is 2.18. The second kappa shape index (κ2) is 6.41. The van der Waals surface area contributed by atoms with Gasteiger partial charge in [0.1, 0.15) is 0 Å². The van der Waals surface area contributed by atoms with Crippen LogP contribution in [0.1, 0.15) is 24.5 Å². The summed E-state index contributed by atoms with van der Waals surface area (Å²) in [6, 6.07) is 8.02. The molecule has 20 heavy (non-hydrogen) atoms. The number of hydrogen-bond donors (Lipinski definition) is 2. The maximum Gasteiger partial charge on any atom is 0.317 e. The van der Waals surface area contributed by atoms with Gasteiger partial charge in [-0.05, 0) is 24.0 Å². The van der Waals surface area contributed by atoms with E-state index in [0.29, 0.717) is 26.1 Å². The van der Waals surface area contributed by atoms with Crippen LogP contribution in [0.3, 0.4) is 0 Å². The zero-order valence-corrected chi connectivity index (χ0v) is 11.6. The summed E-state index contributed by atoms with van der Waals surface area (Å²) in [5.41, 5.74) is 2.49. The monoisotopic (exact) mass is 276 g/mol. The summed E-state index contributed by atoms with van der Waals surface area (Å²) in [5, 5.41) is 11.6. The molecule has 1 aliphatic heterocycles. The molecule has 1 atom stereocenters. The SMILES string of the molecule is CC(CCNC(=O)N1CCc2ccccc2C1)C(=O)O. The number of nitrogens with zero attached hydrogens (tertiary/aromatic N) is 1. The lowest BCUT2D eigenvalue weighted by Crippen LogP contribution is -2.43. The first kappa shape index (κ1) is 14.4. The summed E-state index contributed by atoms with van der Waals surface area (Å²) in [6.45, 7) is 3.36. The zero-order valence-electron chi connectivity index (χ0n) is 11.6. The molecule has 0 aliphatic carbocycles. The summed E-state index contributed by atoms with van der Waals surface area (Å²) in [4.78, 5) is 24.5. The number of hydrogen-bond acceptors (Lipinski definition) is 2. The van der Waals surface area contributed by atoms with E-state index in [0.717, 1.165) is 6.42 Å². The van der Waals surface area contributed by atoms with Gasteiger partial charge in [-0.15, -0.1) is 0 Å². The van der Waals surface area contributed by atoms with Crippen molar-refractivity contribution in [3.63, 3.8) is 0 Å². The average Bonchev–Trinajstić information content (AvgIpc) is 2.46. The Labute approximate surface area is 118 Å². The minimum atomic E-state index is -0.828. The smallest absolute Gasteiger partial charge is 0.317 e. The molecule has 0 saturated carbocycles. The number of amides is 2. The summed E-state index contributed by atoms with van der Waals surface area (Å²) in [7, 11) is 0. The van der Waals surface area contributed by atoms with Crippen LogP contribution in [-0.2, 0) is 17.8 Å². The van der Waals surface area contributed by atoms with Crippen LogP contribution >= 0.6 is 0 Å². The van der Waals surface area contributed by atoms with E-state index >= 15 is 0 Å². The second-order valence-electron chi connectivity index (χ2n) is 5.20. The minimum absolute atomic E-state index is 0.114. The third-order valence-corrected chi connectivity index (χ3v) is 3.69. The van der Waals surface area contributed by atoms with Crippen molar-refractivity contribution in [1.29, 1.82) is 0 Å². The molecule has 0 fully saturated rings. The lowest BCUT2D eigenvalue weighted by molar-refractivity contribution is -0.141. The number of urea groups is 1. The molecule has 0 saturated heterocycles. The Morgan fingerprint density at radius 2 is 2.05 bits per heavy atom. The fourth-order valence-corrected chi connectivity index (χ4v) is 2.30. The van der Waals surface area contributed by atoms with E-state index < -0.39 is 11.9 Å². The third kappa shape index (κ3) is 3.50. The second-order valence-corrected chi connectivity index (χ2v) is 5.20. The summed E-state index contributed by atoms with van der Waals surface area (Å²) >= 11 is 0. The normalized spacial score (nSPS) is 15.3. The summed E-state index contributed by atoms with van der Waals surface area (Å²) in [5.74, 6) is -1.26. The Kier molecular flexibility index (Phi) is 4.61. The molecule has 0 bridgehead atoms. The molecule has 1 unspecified atom stereocenters. The number of nitrogens with one attached hydrogen (secondary N) is 1. The number of fused-ring (bicyclic) bond motifs is 1. The molecule has 5 nitrogen and oxygen atoms in total. The maximum atomic E-state index is 12.0. The Morgan fingerprint density at radius 1 is 1.35 bits per heavy atom. The van der Waals surface area contributed by atoms with Crippen LogP contribution in [-0.4, -0.2) is 35.1 Å². The van der Waals surface area contributed by atoms with E-state index in [1.54, 1.807) is 11.8 Å². The number of carbonyl (C=O) groups is 2. The van der Waals surface area contributed by atoms with Gasteiger partial charge in [0.15, 0.2) is 0 Å². The van der Waals surface area contributed by atoms with Crippen molar-refractivity contribution in [2.45, 2.75) is 26.3 Å². The summed E-state index contributed by atoms with van der Waals surface area (Å²) < 4.78 is 0. The largest absolute Gasteiger partial charge is 0.481 e. The quantitative estimate of drug-likeness (QED) is 0.882. The Bertz CT molecular complexity index is 502. The zero-order chi connectivity index (χ0) is 14.5. The number of carboxylic acids is 1. The van der Waals surface area contributed by atoms with Gasteiger partial charge in [-0.2, -0.15) is 0 Å². The molecule has 108 valence electrons. The van der Waals surface area contributed by atoms with E-state index in [4.69, 9.17) is 5.11 Å². The van der Waals surface area contributed by atoms with Crippen LogP contribution in [0.25, 0.3) is 0 Å². The third-order valence-electron chi connectivity index (χ3n) is 3.69. The van der Waals surface area contributed by atoms with Crippen molar-refractivity contribution in [2.75, 3.05) is 13.1 Å². The van der Waals surface area contributed by atoms with Gasteiger partial charge in [-0.1, -0.05) is 31.2 Å². The van der Waals surface area contributed by atoms with Crippen molar-refractivity contribution in [1.82, 2.24) is 10.2 Å². The molecule has 1 aromatic rings. The van der Waals surface area contributed by atoms with Gasteiger partial charge in [-0.25, -0.2) is 4.79 Å². The molecule has 2 N–H and O–H groups in total. The molecule has 1 aliphatic rings. The van der Waals surface area contributed by atoms with Gasteiger partial charge < -0.3 is 15.3 Å². The number of benzene rings is 1. The van der Waals surface area contributed by atoms with Crippen molar-refractivity contribution in [3.8, 4) is 0 Å². The average molecular weight is 276 g/mol. The van der Waals surface area contributed by atoms with E-state index in [9.17, 15) is 9.59 Å². The molecule has 0 radical (unpaired) electrons. The van der Waals surface area contributed by atoms with E-state index in [1.807, 2.05) is 18.2 Å². The highest BCUT2D eigenvalue weighted by atomic mass is 16.4. The highest BCUT2D eigenvalue weighted by Gasteiger charge is 2.20. The Hall–Kier alpha value is -2.04. The van der Waals surface area contributed by atoms with Gasteiger partial charge in [-0.3, -0.25) is 4.79 Å². The fraction of sp³-hybridized carbons (Fsp3) is 0.467. The van der Waals surface area contributed by atoms with Gasteiger partial charge in [0, 0.05) is 19.6 Å². The number of carbonyl (C=O) groups excluding carboxylic acids is 1.